The first-order valence-corrected chi connectivity index (χ1v) is 11.4. The number of aromatic amines is 1. The maximum atomic E-state index is 12.9. The van der Waals surface area contributed by atoms with Gasteiger partial charge in [-0.25, -0.2) is 4.68 Å². The molecular formula is C26H26N6O2. The highest BCUT2D eigenvalue weighted by Crippen LogP contribution is 2.17. The third kappa shape index (κ3) is 4.97. The Bertz CT molecular complexity index is 1420. The molecule has 2 aromatic carbocycles. The number of H-pyrrole nitrogens is 1. The number of benzene rings is 2. The van der Waals surface area contributed by atoms with E-state index in [1.54, 1.807) is 10.9 Å². The van der Waals surface area contributed by atoms with Crippen LogP contribution >= 0.6 is 0 Å². The van der Waals surface area contributed by atoms with Gasteiger partial charge >= 0.3 is 0 Å². The van der Waals surface area contributed by atoms with E-state index in [-0.39, 0.29) is 5.56 Å². The van der Waals surface area contributed by atoms with Gasteiger partial charge in [0.05, 0.1) is 25.9 Å². The highest BCUT2D eigenvalue weighted by Gasteiger charge is 2.17. The Morgan fingerprint density at radius 2 is 1.85 bits per heavy atom. The summed E-state index contributed by atoms with van der Waals surface area (Å²) in [6.45, 7) is 4.12. The van der Waals surface area contributed by atoms with E-state index in [9.17, 15) is 4.79 Å². The lowest BCUT2D eigenvalue weighted by molar-refractivity contribution is 0.217. The number of nitrogens with zero attached hydrogens (tertiary/aromatic N) is 5. The quantitative estimate of drug-likeness (QED) is 0.363. The second-order valence-corrected chi connectivity index (χ2v) is 8.36. The van der Waals surface area contributed by atoms with Crippen molar-refractivity contribution in [3.63, 3.8) is 0 Å². The number of furan rings is 1. The highest BCUT2D eigenvalue weighted by molar-refractivity contribution is 5.79. The van der Waals surface area contributed by atoms with Crippen molar-refractivity contribution in [1.29, 1.82) is 0 Å². The molecule has 0 bridgehead atoms. The van der Waals surface area contributed by atoms with Gasteiger partial charge in [-0.15, -0.1) is 5.10 Å². The Balaban J connectivity index is 1.43. The van der Waals surface area contributed by atoms with E-state index in [1.807, 2.05) is 60.7 Å². The molecule has 0 aliphatic heterocycles. The molecule has 0 amide bonds. The normalized spacial score (nSPS) is 11.5. The van der Waals surface area contributed by atoms with Crippen LogP contribution in [-0.4, -0.2) is 30.1 Å². The minimum Gasteiger partial charge on any atom is -0.468 e. The molecule has 3 aromatic heterocycles. The van der Waals surface area contributed by atoms with Gasteiger partial charge in [-0.05, 0) is 63.7 Å². The van der Waals surface area contributed by atoms with Gasteiger partial charge in [0, 0.05) is 17.6 Å². The fraction of sp³-hybridized carbons (Fsp3) is 0.231. The number of hydrogen-bond acceptors (Lipinski definition) is 6. The van der Waals surface area contributed by atoms with Gasteiger partial charge in [-0.2, -0.15) is 0 Å². The summed E-state index contributed by atoms with van der Waals surface area (Å²) in [5.41, 5.74) is 3.79. The molecule has 0 radical (unpaired) electrons. The van der Waals surface area contributed by atoms with Gasteiger partial charge < -0.3 is 9.40 Å². The topological polar surface area (TPSA) is 92.8 Å². The van der Waals surface area contributed by atoms with E-state index >= 15 is 0 Å². The summed E-state index contributed by atoms with van der Waals surface area (Å²) in [5, 5.41) is 13.4. The monoisotopic (exact) mass is 454 g/mol. The zero-order chi connectivity index (χ0) is 23.3. The first-order chi connectivity index (χ1) is 16.7. The van der Waals surface area contributed by atoms with Gasteiger partial charge in [0.1, 0.15) is 5.76 Å². The summed E-state index contributed by atoms with van der Waals surface area (Å²) in [7, 11) is 0. The van der Waals surface area contributed by atoms with E-state index in [0.29, 0.717) is 31.7 Å². The van der Waals surface area contributed by atoms with Crippen LogP contribution in [0.4, 0.5) is 0 Å². The van der Waals surface area contributed by atoms with Gasteiger partial charge in [0.25, 0.3) is 5.56 Å². The molecule has 3 heterocycles. The van der Waals surface area contributed by atoms with Gasteiger partial charge in [-0.1, -0.05) is 43.3 Å². The molecular weight excluding hydrogens is 428 g/mol. The van der Waals surface area contributed by atoms with E-state index < -0.39 is 0 Å². The molecule has 0 saturated carbocycles. The van der Waals surface area contributed by atoms with Crippen LogP contribution in [-0.2, 0) is 32.6 Å². The van der Waals surface area contributed by atoms with Crippen molar-refractivity contribution >= 4 is 10.9 Å². The summed E-state index contributed by atoms with van der Waals surface area (Å²) in [6, 6.07) is 22.0. The van der Waals surface area contributed by atoms with Crippen LogP contribution in [0, 0.1) is 0 Å². The predicted molar refractivity (Wildman–Crippen MR) is 129 cm³/mol. The van der Waals surface area contributed by atoms with E-state index in [2.05, 4.69) is 38.4 Å². The molecule has 0 atom stereocenters. The average molecular weight is 455 g/mol. The molecule has 8 nitrogen and oxygen atoms in total. The number of pyridine rings is 1. The van der Waals surface area contributed by atoms with Crippen molar-refractivity contribution in [2.24, 2.45) is 0 Å². The van der Waals surface area contributed by atoms with Crippen molar-refractivity contribution in [1.82, 2.24) is 30.1 Å². The van der Waals surface area contributed by atoms with E-state index in [0.717, 1.165) is 34.5 Å². The average Bonchev–Trinajstić information content (AvgIpc) is 3.52. The Hall–Kier alpha value is -4.04. The fourth-order valence-electron chi connectivity index (χ4n) is 4.09. The Kier molecular flexibility index (Phi) is 6.31. The predicted octanol–water partition coefficient (Wildman–Crippen LogP) is 3.92. The second-order valence-electron chi connectivity index (χ2n) is 8.36. The molecule has 0 spiro atoms. The van der Waals surface area contributed by atoms with Crippen LogP contribution in [0.2, 0.25) is 0 Å². The highest BCUT2D eigenvalue weighted by atomic mass is 16.3. The Morgan fingerprint density at radius 1 is 0.971 bits per heavy atom. The molecule has 0 unspecified atom stereocenters. The largest absolute Gasteiger partial charge is 0.468 e. The van der Waals surface area contributed by atoms with Gasteiger partial charge in [-0.3, -0.25) is 9.69 Å². The third-order valence-corrected chi connectivity index (χ3v) is 5.89. The summed E-state index contributed by atoms with van der Waals surface area (Å²) < 4.78 is 7.39. The standard InChI is InChI=1S/C26H26N6O2/c1-2-19-10-11-24-21(13-19)14-22(26(33)27-24)16-31(17-23-9-6-12-34-23)18-25-28-29-30-32(25)15-20-7-4-3-5-8-20/h3-14H,2,15-18H2,1H3,(H,27,33). The second kappa shape index (κ2) is 9.84. The van der Waals surface area contributed by atoms with Crippen LogP contribution in [0.15, 0.2) is 82.2 Å². The van der Waals surface area contributed by atoms with Crippen molar-refractivity contribution in [2.75, 3.05) is 0 Å². The maximum absolute atomic E-state index is 12.9. The number of rotatable bonds is 9. The first-order valence-electron chi connectivity index (χ1n) is 11.4. The van der Waals surface area contributed by atoms with Crippen molar-refractivity contribution in [3.8, 4) is 0 Å². The van der Waals surface area contributed by atoms with E-state index in [4.69, 9.17) is 4.42 Å². The number of hydrogen-bond donors (Lipinski definition) is 1. The molecule has 172 valence electrons. The molecule has 34 heavy (non-hydrogen) atoms. The van der Waals surface area contributed by atoms with Crippen LogP contribution in [0.5, 0.6) is 0 Å². The van der Waals surface area contributed by atoms with Crippen molar-refractivity contribution < 1.29 is 4.42 Å². The Morgan fingerprint density at radius 3 is 2.65 bits per heavy atom. The number of fused-ring (bicyclic) bond motifs is 1. The van der Waals surface area contributed by atoms with Gasteiger partial charge in [0.2, 0.25) is 0 Å². The molecule has 1 N–H and O–H groups in total. The third-order valence-electron chi connectivity index (χ3n) is 5.89. The Labute approximate surface area is 196 Å². The lowest BCUT2D eigenvalue weighted by atomic mass is 10.1. The first kappa shape index (κ1) is 21.8. The minimum atomic E-state index is -0.0925. The summed E-state index contributed by atoms with van der Waals surface area (Å²) in [4.78, 5) is 18.0. The lowest BCUT2D eigenvalue weighted by Gasteiger charge is -2.20. The molecule has 0 aliphatic carbocycles. The van der Waals surface area contributed by atoms with Gasteiger partial charge in [0.15, 0.2) is 5.82 Å². The van der Waals surface area contributed by atoms with Crippen LogP contribution in [0.3, 0.4) is 0 Å². The zero-order valence-electron chi connectivity index (χ0n) is 19.0. The SMILES string of the molecule is CCc1ccc2[nH]c(=O)c(CN(Cc3ccco3)Cc3nnnn3Cc3ccccc3)cc2c1. The zero-order valence-corrected chi connectivity index (χ0v) is 19.0. The minimum absolute atomic E-state index is 0.0925. The molecule has 8 heteroatoms. The van der Waals surface area contributed by atoms with Crippen LogP contribution < -0.4 is 5.56 Å². The van der Waals surface area contributed by atoms with Crippen molar-refractivity contribution in [2.45, 2.75) is 39.5 Å². The smallest absolute Gasteiger partial charge is 0.252 e. The molecule has 0 fully saturated rings. The summed E-state index contributed by atoms with van der Waals surface area (Å²) in [6.07, 6.45) is 2.60. The molecule has 0 aliphatic rings. The van der Waals surface area contributed by atoms with Crippen LogP contribution in [0.25, 0.3) is 10.9 Å². The maximum Gasteiger partial charge on any atom is 0.252 e. The number of aryl methyl sites for hydroxylation is 1. The molecule has 5 aromatic rings. The fourth-order valence-corrected chi connectivity index (χ4v) is 4.09. The summed E-state index contributed by atoms with van der Waals surface area (Å²) in [5.74, 6) is 1.54. The van der Waals surface area contributed by atoms with E-state index in [1.165, 1.54) is 5.56 Å². The molecule has 0 saturated heterocycles. The number of nitrogens with one attached hydrogen (secondary N) is 1. The lowest BCUT2D eigenvalue weighted by Crippen LogP contribution is -2.28. The van der Waals surface area contributed by atoms with Crippen LogP contribution in [0.1, 0.15) is 35.2 Å². The molecule has 5 rings (SSSR count). The number of aromatic nitrogens is 5. The summed E-state index contributed by atoms with van der Waals surface area (Å²) >= 11 is 0. The van der Waals surface area contributed by atoms with Crippen molar-refractivity contribution in [3.05, 3.63) is 112 Å². The number of tetrazole rings is 1.